The van der Waals surface area contributed by atoms with E-state index in [4.69, 9.17) is 0 Å². The lowest BCUT2D eigenvalue weighted by Gasteiger charge is -2.14. The fourth-order valence-corrected chi connectivity index (χ4v) is 2.89. The number of nitrogens with zero attached hydrogens (tertiary/aromatic N) is 4. The number of hydrogen-bond acceptors (Lipinski definition) is 3. The zero-order valence-corrected chi connectivity index (χ0v) is 15.9. The summed E-state index contributed by atoms with van der Waals surface area (Å²) < 4.78 is 1.82. The minimum absolute atomic E-state index is 0.722. The van der Waals surface area contributed by atoms with Gasteiger partial charge in [0.1, 0.15) is 12.7 Å². The number of aliphatic imine (C=N–C) groups is 1. The molecule has 0 fully saturated rings. The number of guanidine groups is 1. The Morgan fingerprint density at radius 1 is 1.07 bits per heavy atom. The van der Waals surface area contributed by atoms with Gasteiger partial charge in [-0.1, -0.05) is 55.5 Å². The highest BCUT2D eigenvalue weighted by atomic mass is 15.3. The summed E-state index contributed by atoms with van der Waals surface area (Å²) >= 11 is 0. The highest BCUT2D eigenvalue weighted by Crippen LogP contribution is 2.24. The number of nitrogens with one attached hydrogen (secondary N) is 2. The van der Waals surface area contributed by atoms with Crippen LogP contribution in [0.2, 0.25) is 0 Å². The van der Waals surface area contributed by atoms with E-state index in [1.165, 1.54) is 22.3 Å². The molecule has 0 saturated heterocycles. The minimum Gasteiger partial charge on any atom is -0.356 e. The Hall–Kier alpha value is -3.15. The highest BCUT2D eigenvalue weighted by molar-refractivity contribution is 5.80. The van der Waals surface area contributed by atoms with Crippen LogP contribution in [0.1, 0.15) is 24.5 Å². The average Bonchev–Trinajstić information content (AvgIpc) is 3.22. The molecule has 0 aliphatic rings. The van der Waals surface area contributed by atoms with Crippen LogP contribution in [-0.2, 0) is 13.1 Å². The SMILES string of the molecule is CCCNC(=NC)NCc1ccccc1-c1ccc(Cn2cncn2)cc1. The Labute approximate surface area is 160 Å². The third-order valence-corrected chi connectivity index (χ3v) is 4.31. The van der Waals surface area contributed by atoms with E-state index in [2.05, 4.69) is 81.2 Å². The van der Waals surface area contributed by atoms with Gasteiger partial charge in [0.15, 0.2) is 5.96 Å². The van der Waals surface area contributed by atoms with E-state index in [-0.39, 0.29) is 0 Å². The van der Waals surface area contributed by atoms with Crippen LogP contribution in [0, 0.1) is 0 Å². The van der Waals surface area contributed by atoms with Crippen LogP contribution in [0.3, 0.4) is 0 Å². The van der Waals surface area contributed by atoms with Crippen LogP contribution < -0.4 is 10.6 Å². The Kier molecular flexibility index (Phi) is 6.57. The summed E-state index contributed by atoms with van der Waals surface area (Å²) in [6.45, 7) is 4.50. The molecule has 0 aliphatic heterocycles. The number of rotatable bonds is 7. The molecule has 0 saturated carbocycles. The van der Waals surface area contributed by atoms with Gasteiger partial charge >= 0.3 is 0 Å². The van der Waals surface area contributed by atoms with Crippen molar-refractivity contribution in [3.63, 3.8) is 0 Å². The molecular formula is C21H26N6. The molecule has 1 heterocycles. The van der Waals surface area contributed by atoms with Crippen LogP contribution >= 0.6 is 0 Å². The van der Waals surface area contributed by atoms with Crippen molar-refractivity contribution in [2.45, 2.75) is 26.4 Å². The quantitative estimate of drug-likeness (QED) is 0.501. The highest BCUT2D eigenvalue weighted by Gasteiger charge is 2.06. The van der Waals surface area contributed by atoms with Gasteiger partial charge in [-0.25, -0.2) is 9.67 Å². The van der Waals surface area contributed by atoms with Crippen molar-refractivity contribution < 1.29 is 0 Å². The van der Waals surface area contributed by atoms with Gasteiger partial charge in [0.25, 0.3) is 0 Å². The maximum absolute atomic E-state index is 4.27. The van der Waals surface area contributed by atoms with Gasteiger partial charge in [0.05, 0.1) is 6.54 Å². The first-order valence-corrected chi connectivity index (χ1v) is 9.24. The standard InChI is InChI=1S/C21H26N6/c1-3-12-24-21(22-2)25-13-19-6-4-5-7-20(19)18-10-8-17(9-11-18)14-27-16-23-15-26-27/h4-11,15-16H,3,12-14H2,1-2H3,(H2,22,24,25). The normalized spacial score (nSPS) is 11.4. The van der Waals surface area contributed by atoms with Crippen LogP contribution in [0.25, 0.3) is 11.1 Å². The van der Waals surface area contributed by atoms with Crippen molar-refractivity contribution in [3.8, 4) is 11.1 Å². The molecule has 0 atom stereocenters. The van der Waals surface area contributed by atoms with E-state index in [1.54, 1.807) is 19.7 Å². The van der Waals surface area contributed by atoms with Crippen molar-refractivity contribution in [1.29, 1.82) is 0 Å². The first-order chi connectivity index (χ1) is 13.3. The van der Waals surface area contributed by atoms with Crippen molar-refractivity contribution in [3.05, 3.63) is 72.3 Å². The molecule has 3 rings (SSSR count). The van der Waals surface area contributed by atoms with Crippen LogP contribution in [0.5, 0.6) is 0 Å². The molecular weight excluding hydrogens is 336 g/mol. The second-order valence-corrected chi connectivity index (χ2v) is 6.30. The fourth-order valence-electron chi connectivity index (χ4n) is 2.89. The van der Waals surface area contributed by atoms with E-state index < -0.39 is 0 Å². The summed E-state index contributed by atoms with van der Waals surface area (Å²) in [5.74, 6) is 0.829. The second kappa shape index (κ2) is 9.52. The van der Waals surface area contributed by atoms with Gasteiger partial charge in [-0.2, -0.15) is 5.10 Å². The van der Waals surface area contributed by atoms with Gasteiger partial charge in [-0.3, -0.25) is 4.99 Å². The van der Waals surface area contributed by atoms with E-state index in [1.807, 2.05) is 4.68 Å². The lowest BCUT2D eigenvalue weighted by molar-refractivity contribution is 0.685. The van der Waals surface area contributed by atoms with Crippen molar-refractivity contribution in [2.24, 2.45) is 4.99 Å². The smallest absolute Gasteiger partial charge is 0.191 e. The Morgan fingerprint density at radius 3 is 2.59 bits per heavy atom. The Balaban J connectivity index is 1.71. The molecule has 2 N–H and O–H groups in total. The van der Waals surface area contributed by atoms with E-state index in [0.29, 0.717) is 0 Å². The third kappa shape index (κ3) is 5.17. The summed E-state index contributed by atoms with van der Waals surface area (Å²) in [7, 11) is 1.80. The van der Waals surface area contributed by atoms with E-state index in [0.717, 1.165) is 32.0 Å². The molecule has 6 heteroatoms. The van der Waals surface area contributed by atoms with Crippen LogP contribution in [0.15, 0.2) is 66.2 Å². The summed E-state index contributed by atoms with van der Waals surface area (Å²) in [5.41, 5.74) is 4.86. The molecule has 0 unspecified atom stereocenters. The Morgan fingerprint density at radius 2 is 1.89 bits per heavy atom. The van der Waals surface area contributed by atoms with Crippen molar-refractivity contribution in [1.82, 2.24) is 25.4 Å². The molecule has 0 radical (unpaired) electrons. The number of hydrogen-bond donors (Lipinski definition) is 2. The summed E-state index contributed by atoms with van der Waals surface area (Å²) in [4.78, 5) is 8.26. The first-order valence-electron chi connectivity index (χ1n) is 9.24. The monoisotopic (exact) mass is 362 g/mol. The molecule has 0 spiro atoms. The molecule has 140 valence electrons. The van der Waals surface area contributed by atoms with Crippen LogP contribution in [0.4, 0.5) is 0 Å². The van der Waals surface area contributed by atoms with Crippen LogP contribution in [-0.4, -0.2) is 34.3 Å². The third-order valence-electron chi connectivity index (χ3n) is 4.31. The zero-order valence-electron chi connectivity index (χ0n) is 15.9. The molecule has 27 heavy (non-hydrogen) atoms. The zero-order chi connectivity index (χ0) is 18.9. The summed E-state index contributed by atoms with van der Waals surface area (Å²) in [5, 5.41) is 10.9. The first kappa shape index (κ1) is 18.6. The van der Waals surface area contributed by atoms with Crippen molar-refractivity contribution in [2.75, 3.05) is 13.6 Å². The molecule has 0 aliphatic carbocycles. The number of benzene rings is 2. The summed E-state index contributed by atoms with van der Waals surface area (Å²) in [6.07, 6.45) is 4.35. The van der Waals surface area contributed by atoms with Gasteiger partial charge in [0.2, 0.25) is 0 Å². The number of aromatic nitrogens is 3. The topological polar surface area (TPSA) is 67.1 Å². The minimum atomic E-state index is 0.722. The van der Waals surface area contributed by atoms with E-state index >= 15 is 0 Å². The molecule has 1 aromatic heterocycles. The maximum atomic E-state index is 4.27. The average molecular weight is 362 g/mol. The largest absolute Gasteiger partial charge is 0.356 e. The summed E-state index contributed by atoms with van der Waals surface area (Å²) in [6, 6.07) is 17.1. The maximum Gasteiger partial charge on any atom is 0.191 e. The lowest BCUT2D eigenvalue weighted by Crippen LogP contribution is -2.37. The van der Waals surface area contributed by atoms with Crippen molar-refractivity contribution >= 4 is 5.96 Å². The Bertz CT molecular complexity index is 853. The lowest BCUT2D eigenvalue weighted by atomic mass is 9.98. The molecule has 2 aromatic carbocycles. The van der Waals surface area contributed by atoms with Gasteiger partial charge in [-0.05, 0) is 28.7 Å². The molecule has 6 nitrogen and oxygen atoms in total. The predicted molar refractivity (Wildman–Crippen MR) is 109 cm³/mol. The molecule has 0 amide bonds. The fraction of sp³-hybridized carbons (Fsp3) is 0.286. The predicted octanol–water partition coefficient (Wildman–Crippen LogP) is 3.07. The van der Waals surface area contributed by atoms with Gasteiger partial charge in [-0.15, -0.1) is 0 Å². The van der Waals surface area contributed by atoms with Gasteiger partial charge in [0, 0.05) is 20.1 Å². The molecule has 0 bridgehead atoms. The van der Waals surface area contributed by atoms with E-state index in [9.17, 15) is 0 Å². The van der Waals surface area contributed by atoms with Gasteiger partial charge < -0.3 is 10.6 Å². The second-order valence-electron chi connectivity index (χ2n) is 6.30. The molecule has 3 aromatic rings.